The molecule has 3 aromatic rings. The van der Waals surface area contributed by atoms with Gasteiger partial charge in [0.1, 0.15) is 0 Å². The van der Waals surface area contributed by atoms with Crippen LogP contribution in [-0.2, 0) is 6.54 Å². The molecule has 0 saturated carbocycles. The SMILES string of the molecule is Cc1cc(NCc2cnc3nc(N)[nH]c(=O)c3n2)ccc1C(=O)O. The lowest BCUT2D eigenvalue weighted by Crippen LogP contribution is -2.15. The number of aryl methyl sites for hydroxylation is 1. The van der Waals surface area contributed by atoms with E-state index in [4.69, 9.17) is 10.8 Å². The highest BCUT2D eigenvalue weighted by molar-refractivity contribution is 5.89. The summed E-state index contributed by atoms with van der Waals surface area (Å²) in [6.45, 7) is 2.04. The highest BCUT2D eigenvalue weighted by Crippen LogP contribution is 2.16. The molecule has 2 aromatic heterocycles. The largest absolute Gasteiger partial charge is 0.478 e. The maximum Gasteiger partial charge on any atom is 0.335 e. The van der Waals surface area contributed by atoms with Crippen molar-refractivity contribution in [2.75, 3.05) is 11.1 Å². The van der Waals surface area contributed by atoms with E-state index in [1.54, 1.807) is 19.1 Å². The van der Waals surface area contributed by atoms with E-state index in [0.717, 1.165) is 5.69 Å². The smallest absolute Gasteiger partial charge is 0.335 e. The topological polar surface area (TPSA) is 147 Å². The molecular formula is C15H14N6O3. The van der Waals surface area contributed by atoms with Crippen LogP contribution in [0, 0.1) is 6.92 Å². The van der Waals surface area contributed by atoms with Crippen molar-refractivity contribution in [3.63, 3.8) is 0 Å². The van der Waals surface area contributed by atoms with Crippen molar-refractivity contribution < 1.29 is 9.90 Å². The second-order valence-corrected chi connectivity index (χ2v) is 5.17. The zero-order valence-electron chi connectivity index (χ0n) is 12.7. The van der Waals surface area contributed by atoms with Crippen LogP contribution in [-0.4, -0.2) is 31.0 Å². The van der Waals surface area contributed by atoms with Crippen molar-refractivity contribution >= 4 is 28.8 Å². The first-order valence-electron chi connectivity index (χ1n) is 7.03. The van der Waals surface area contributed by atoms with Crippen molar-refractivity contribution in [2.24, 2.45) is 0 Å². The molecule has 122 valence electrons. The van der Waals surface area contributed by atoms with Crippen molar-refractivity contribution in [2.45, 2.75) is 13.5 Å². The molecule has 0 atom stereocenters. The Balaban J connectivity index is 1.82. The fraction of sp³-hybridized carbons (Fsp3) is 0.133. The zero-order valence-corrected chi connectivity index (χ0v) is 12.7. The van der Waals surface area contributed by atoms with Crippen molar-refractivity contribution in [1.82, 2.24) is 19.9 Å². The van der Waals surface area contributed by atoms with Crippen molar-refractivity contribution in [3.8, 4) is 0 Å². The molecule has 0 aliphatic carbocycles. The van der Waals surface area contributed by atoms with Gasteiger partial charge in [0.15, 0.2) is 11.2 Å². The van der Waals surface area contributed by atoms with Gasteiger partial charge in [0.05, 0.1) is 24.0 Å². The van der Waals surface area contributed by atoms with Gasteiger partial charge in [0, 0.05) is 5.69 Å². The minimum atomic E-state index is -0.967. The number of rotatable bonds is 4. The Hall–Kier alpha value is -3.49. The summed E-state index contributed by atoms with van der Waals surface area (Å²) in [5, 5.41) is 12.1. The molecule has 0 spiro atoms. The Morgan fingerprint density at radius 2 is 2.17 bits per heavy atom. The van der Waals surface area contributed by atoms with Gasteiger partial charge in [-0.2, -0.15) is 4.98 Å². The van der Waals surface area contributed by atoms with E-state index in [2.05, 4.69) is 25.3 Å². The minimum absolute atomic E-state index is 0.0123. The fourth-order valence-corrected chi connectivity index (χ4v) is 2.26. The number of nitrogen functional groups attached to an aromatic ring is 1. The van der Waals surface area contributed by atoms with E-state index in [-0.39, 0.29) is 22.7 Å². The average Bonchev–Trinajstić information content (AvgIpc) is 2.52. The first kappa shape index (κ1) is 15.4. The van der Waals surface area contributed by atoms with Crippen LogP contribution in [0.1, 0.15) is 21.6 Å². The lowest BCUT2D eigenvalue weighted by atomic mass is 10.1. The Kier molecular flexibility index (Phi) is 3.82. The number of nitrogens with zero attached hydrogens (tertiary/aromatic N) is 3. The third-order valence-corrected chi connectivity index (χ3v) is 3.42. The van der Waals surface area contributed by atoms with E-state index < -0.39 is 11.5 Å². The summed E-state index contributed by atoms with van der Waals surface area (Å²) in [5.74, 6) is -0.980. The first-order chi connectivity index (χ1) is 11.4. The van der Waals surface area contributed by atoms with E-state index in [1.165, 1.54) is 12.3 Å². The van der Waals surface area contributed by atoms with E-state index in [1.807, 2.05) is 0 Å². The molecule has 9 nitrogen and oxygen atoms in total. The van der Waals surface area contributed by atoms with Gasteiger partial charge < -0.3 is 16.2 Å². The summed E-state index contributed by atoms with van der Waals surface area (Å²) < 4.78 is 0. The van der Waals surface area contributed by atoms with Gasteiger partial charge in [-0.05, 0) is 30.7 Å². The monoisotopic (exact) mass is 326 g/mol. The first-order valence-corrected chi connectivity index (χ1v) is 7.03. The number of carboxylic acids is 1. The number of hydrogen-bond donors (Lipinski definition) is 4. The number of fused-ring (bicyclic) bond motifs is 1. The van der Waals surface area contributed by atoms with Crippen LogP contribution in [0.2, 0.25) is 0 Å². The summed E-state index contributed by atoms with van der Waals surface area (Å²) in [6, 6.07) is 4.93. The van der Waals surface area contributed by atoms with Crippen LogP contribution in [0.3, 0.4) is 0 Å². The second kappa shape index (κ2) is 5.95. The van der Waals surface area contributed by atoms with Crippen LogP contribution in [0.5, 0.6) is 0 Å². The number of carbonyl (C=O) groups is 1. The van der Waals surface area contributed by atoms with E-state index in [9.17, 15) is 9.59 Å². The summed E-state index contributed by atoms with van der Waals surface area (Å²) in [5.41, 5.74) is 7.48. The lowest BCUT2D eigenvalue weighted by Gasteiger charge is -2.08. The molecule has 9 heteroatoms. The number of benzene rings is 1. The van der Waals surface area contributed by atoms with Gasteiger partial charge in [-0.1, -0.05) is 0 Å². The summed E-state index contributed by atoms with van der Waals surface area (Å²) in [7, 11) is 0. The molecule has 24 heavy (non-hydrogen) atoms. The van der Waals surface area contributed by atoms with Crippen LogP contribution >= 0.6 is 0 Å². The molecule has 0 amide bonds. The van der Waals surface area contributed by atoms with Gasteiger partial charge in [-0.3, -0.25) is 9.78 Å². The van der Waals surface area contributed by atoms with Gasteiger partial charge in [0.25, 0.3) is 5.56 Å². The molecule has 0 aliphatic heterocycles. The molecule has 2 heterocycles. The number of aromatic amines is 1. The molecule has 0 saturated heterocycles. The number of nitrogens with two attached hydrogens (primary N) is 1. The normalized spacial score (nSPS) is 10.7. The quantitative estimate of drug-likeness (QED) is 0.553. The standard InChI is InChI=1S/C15H14N6O3/c1-7-4-8(2-3-10(7)14(23)24)17-5-9-6-18-12-11(19-9)13(22)21-15(16)20-12/h2-4,6,17H,5H2,1H3,(H,23,24)(H3,16,18,20,21,22). The number of hydrogen-bond acceptors (Lipinski definition) is 7. The van der Waals surface area contributed by atoms with Crippen LogP contribution < -0.4 is 16.6 Å². The predicted molar refractivity (Wildman–Crippen MR) is 87.8 cm³/mol. The molecule has 3 rings (SSSR count). The highest BCUT2D eigenvalue weighted by Gasteiger charge is 2.09. The van der Waals surface area contributed by atoms with Crippen molar-refractivity contribution in [1.29, 1.82) is 0 Å². The number of nitrogens with one attached hydrogen (secondary N) is 2. The molecular weight excluding hydrogens is 312 g/mol. The highest BCUT2D eigenvalue weighted by atomic mass is 16.4. The molecule has 0 aliphatic rings. The van der Waals surface area contributed by atoms with Gasteiger partial charge >= 0.3 is 5.97 Å². The molecule has 1 aromatic carbocycles. The Labute approximate surface area is 135 Å². The average molecular weight is 326 g/mol. The second-order valence-electron chi connectivity index (χ2n) is 5.17. The van der Waals surface area contributed by atoms with Gasteiger partial charge in [0.2, 0.25) is 5.95 Å². The number of aromatic carboxylic acids is 1. The summed E-state index contributed by atoms with van der Waals surface area (Å²) >= 11 is 0. The Bertz CT molecular complexity index is 998. The maximum absolute atomic E-state index is 11.8. The molecule has 0 unspecified atom stereocenters. The number of H-pyrrole nitrogens is 1. The zero-order chi connectivity index (χ0) is 17.3. The van der Waals surface area contributed by atoms with Crippen LogP contribution in [0.25, 0.3) is 11.2 Å². The minimum Gasteiger partial charge on any atom is -0.478 e. The van der Waals surface area contributed by atoms with Crippen LogP contribution in [0.4, 0.5) is 11.6 Å². The summed E-state index contributed by atoms with van der Waals surface area (Å²) in [6.07, 6.45) is 1.50. The molecule has 0 bridgehead atoms. The number of anilines is 2. The Morgan fingerprint density at radius 3 is 2.88 bits per heavy atom. The molecule has 0 fully saturated rings. The van der Waals surface area contributed by atoms with Crippen molar-refractivity contribution in [3.05, 3.63) is 51.6 Å². The fourth-order valence-electron chi connectivity index (χ4n) is 2.26. The third-order valence-electron chi connectivity index (χ3n) is 3.42. The third kappa shape index (κ3) is 3.00. The van der Waals surface area contributed by atoms with E-state index in [0.29, 0.717) is 17.8 Å². The van der Waals surface area contributed by atoms with Gasteiger partial charge in [-0.25, -0.2) is 14.8 Å². The maximum atomic E-state index is 11.8. The van der Waals surface area contributed by atoms with E-state index >= 15 is 0 Å². The summed E-state index contributed by atoms with van der Waals surface area (Å²) in [4.78, 5) is 37.4. The molecule has 5 N–H and O–H groups in total. The number of carboxylic acid groups (broad SMARTS) is 1. The predicted octanol–water partition coefficient (Wildman–Crippen LogP) is 0.914. The van der Waals surface area contributed by atoms with Gasteiger partial charge in [-0.15, -0.1) is 0 Å². The number of aromatic nitrogens is 4. The molecule has 0 radical (unpaired) electrons. The van der Waals surface area contributed by atoms with Crippen LogP contribution in [0.15, 0.2) is 29.2 Å². The lowest BCUT2D eigenvalue weighted by molar-refractivity contribution is 0.0696. The Morgan fingerprint density at radius 1 is 1.38 bits per heavy atom.